The first kappa shape index (κ1) is 26.7. The molecule has 2 heterocycles. The molecule has 4 N–H and O–H groups in total. The Labute approximate surface area is 139 Å². The highest BCUT2D eigenvalue weighted by Gasteiger charge is 2.02. The van der Waals surface area contributed by atoms with Crippen LogP contribution in [0, 0.1) is 0 Å². The van der Waals surface area contributed by atoms with Gasteiger partial charge in [-0.25, -0.2) is 0 Å². The van der Waals surface area contributed by atoms with Gasteiger partial charge in [-0.05, 0) is 66.0 Å². The second-order valence-electron chi connectivity index (χ2n) is 6.43. The molecule has 0 aromatic rings. The normalized spacial score (nSPS) is 18.5. The van der Waals surface area contributed by atoms with E-state index in [0.717, 1.165) is 0 Å². The summed E-state index contributed by atoms with van der Waals surface area (Å²) in [5, 5.41) is 0. The van der Waals surface area contributed by atoms with Crippen molar-refractivity contribution in [2.24, 2.45) is 0 Å². The lowest BCUT2D eigenvalue weighted by molar-refractivity contribution is 0.277. The first-order valence-corrected chi connectivity index (χ1v) is 9.07. The lowest BCUT2D eigenvalue weighted by atomic mass is 10.1. The largest absolute Gasteiger partial charge is 0.412 e. The van der Waals surface area contributed by atoms with Gasteiger partial charge in [-0.15, -0.1) is 0 Å². The van der Waals surface area contributed by atoms with Crippen LogP contribution in [0.2, 0.25) is 0 Å². The van der Waals surface area contributed by atoms with Crippen LogP contribution in [0.25, 0.3) is 0 Å². The quantitative estimate of drug-likeness (QED) is 0.750. The molecule has 138 valence electrons. The van der Waals surface area contributed by atoms with Gasteiger partial charge >= 0.3 is 0 Å². The molecule has 0 amide bonds. The molecule has 0 aromatic carbocycles. The van der Waals surface area contributed by atoms with Crippen molar-refractivity contribution in [3.8, 4) is 0 Å². The lowest BCUT2D eigenvalue weighted by Gasteiger charge is -2.20. The van der Waals surface area contributed by atoms with Crippen molar-refractivity contribution in [3.63, 3.8) is 0 Å². The van der Waals surface area contributed by atoms with Crippen LogP contribution in [0.3, 0.4) is 0 Å². The fraction of sp³-hybridized carbons (Fsp3) is 1.00. The number of likely N-dealkylation sites (tertiary alicyclic amines) is 2. The van der Waals surface area contributed by atoms with Crippen molar-refractivity contribution >= 4 is 0 Å². The predicted octanol–water partition coefficient (Wildman–Crippen LogP) is 3.14. The third kappa shape index (κ3) is 19.8. The van der Waals surface area contributed by atoms with Gasteiger partial charge in [0.2, 0.25) is 0 Å². The van der Waals surface area contributed by atoms with Gasteiger partial charge in [-0.2, -0.15) is 0 Å². The Morgan fingerprint density at radius 2 is 0.818 bits per heavy atom. The van der Waals surface area contributed by atoms with E-state index < -0.39 is 0 Å². The fourth-order valence-electron chi connectivity index (χ4n) is 2.60. The Morgan fingerprint density at radius 3 is 0.955 bits per heavy atom. The second kappa shape index (κ2) is 20.8. The molecule has 0 aromatic heterocycles. The van der Waals surface area contributed by atoms with E-state index in [1.54, 1.807) is 0 Å². The summed E-state index contributed by atoms with van der Waals surface area (Å²) in [5.41, 5.74) is 0. The number of unbranched alkanes of at least 4 members (excludes halogenated alkanes) is 3. The summed E-state index contributed by atoms with van der Waals surface area (Å²) in [6.07, 6.45) is 14.1. The number of hydrogen-bond donors (Lipinski definition) is 0. The van der Waals surface area contributed by atoms with Gasteiger partial charge in [0, 0.05) is 0 Å². The van der Waals surface area contributed by atoms with Gasteiger partial charge < -0.3 is 20.8 Å². The Bertz CT molecular complexity index is 160. The number of piperidine rings is 2. The summed E-state index contributed by atoms with van der Waals surface area (Å²) < 4.78 is 0. The zero-order valence-corrected chi connectivity index (χ0v) is 15.8. The average molecular weight is 321 g/mol. The van der Waals surface area contributed by atoms with E-state index >= 15 is 0 Å². The monoisotopic (exact) mass is 320 g/mol. The highest BCUT2D eigenvalue weighted by atomic mass is 16.0. The topological polar surface area (TPSA) is 69.5 Å². The molecule has 0 radical (unpaired) electrons. The van der Waals surface area contributed by atoms with E-state index in [1.165, 1.54) is 90.4 Å². The number of nitrogens with zero attached hydrogens (tertiary/aromatic N) is 2. The van der Waals surface area contributed by atoms with Crippen molar-refractivity contribution in [2.45, 2.75) is 78.1 Å². The predicted molar refractivity (Wildman–Crippen MR) is 99.7 cm³/mol. The zero-order chi connectivity index (χ0) is 15.1. The van der Waals surface area contributed by atoms with Gasteiger partial charge in [0.15, 0.2) is 0 Å². The molecule has 2 saturated heterocycles. The average Bonchev–Trinajstić information content (AvgIpc) is 2.48. The van der Waals surface area contributed by atoms with E-state index in [4.69, 9.17) is 0 Å². The van der Waals surface area contributed by atoms with Gasteiger partial charge in [0.1, 0.15) is 0 Å². The molecule has 2 rings (SSSR count). The van der Waals surface area contributed by atoms with Crippen molar-refractivity contribution < 1.29 is 11.0 Å². The molecule has 0 atom stereocenters. The van der Waals surface area contributed by atoms with Crippen molar-refractivity contribution in [3.05, 3.63) is 0 Å². The number of rotatable bonds is 3. The third-order valence-electron chi connectivity index (χ3n) is 4.12. The molecule has 4 nitrogen and oxygen atoms in total. The molecule has 2 aliphatic heterocycles. The van der Waals surface area contributed by atoms with E-state index in [0.29, 0.717) is 0 Å². The van der Waals surface area contributed by atoms with Crippen LogP contribution in [0.1, 0.15) is 78.1 Å². The summed E-state index contributed by atoms with van der Waals surface area (Å²) >= 11 is 0. The maximum absolute atomic E-state index is 2.39. The van der Waals surface area contributed by atoms with Crippen molar-refractivity contribution in [2.75, 3.05) is 40.3 Å². The van der Waals surface area contributed by atoms with E-state index in [1.807, 2.05) is 0 Å². The smallest absolute Gasteiger partial charge is 0.00218 e. The molecule has 0 unspecified atom stereocenters. The molecule has 0 aliphatic carbocycles. The van der Waals surface area contributed by atoms with E-state index in [2.05, 4.69) is 37.7 Å². The zero-order valence-electron chi connectivity index (χ0n) is 15.8. The molecule has 2 aliphatic rings. The SMILES string of the molecule is CCCCCC.CN1CCCCC1.CN1CCCCC1.O.O. The molecule has 0 bridgehead atoms. The first-order valence-electron chi connectivity index (χ1n) is 9.07. The Kier molecular flexibility index (Phi) is 25.3. The van der Waals surface area contributed by atoms with Crippen LogP contribution in [0.15, 0.2) is 0 Å². The van der Waals surface area contributed by atoms with Crippen molar-refractivity contribution in [1.29, 1.82) is 0 Å². The minimum absolute atomic E-state index is 0. The van der Waals surface area contributed by atoms with Crippen LogP contribution < -0.4 is 0 Å². The molecular weight excluding hydrogens is 276 g/mol. The lowest BCUT2D eigenvalue weighted by Crippen LogP contribution is -2.24. The second-order valence-corrected chi connectivity index (χ2v) is 6.43. The first-order chi connectivity index (χ1) is 9.70. The van der Waals surface area contributed by atoms with Crippen LogP contribution in [-0.4, -0.2) is 61.0 Å². The number of hydrogen-bond acceptors (Lipinski definition) is 2. The minimum Gasteiger partial charge on any atom is -0.412 e. The molecular formula is C18H44N2O2. The summed E-state index contributed by atoms with van der Waals surface area (Å²) in [7, 11) is 4.39. The minimum atomic E-state index is 0. The molecule has 0 spiro atoms. The molecule has 22 heavy (non-hydrogen) atoms. The van der Waals surface area contributed by atoms with Crippen molar-refractivity contribution in [1.82, 2.24) is 9.80 Å². The van der Waals surface area contributed by atoms with Crippen LogP contribution >= 0.6 is 0 Å². The summed E-state index contributed by atoms with van der Waals surface area (Å²) in [6, 6.07) is 0. The Morgan fingerprint density at radius 1 is 0.545 bits per heavy atom. The maximum atomic E-state index is 2.39. The summed E-state index contributed by atoms with van der Waals surface area (Å²) in [4.78, 5) is 4.78. The molecule has 2 fully saturated rings. The Hall–Kier alpha value is -0.160. The van der Waals surface area contributed by atoms with Gasteiger partial charge in [0.05, 0.1) is 0 Å². The Balaban J connectivity index is -0.000000237. The highest BCUT2D eigenvalue weighted by molar-refractivity contribution is 4.58. The van der Waals surface area contributed by atoms with E-state index in [9.17, 15) is 0 Å². The maximum Gasteiger partial charge on any atom is -0.00218 e. The van der Waals surface area contributed by atoms with Gasteiger partial charge in [0.25, 0.3) is 0 Å². The summed E-state index contributed by atoms with van der Waals surface area (Å²) in [5.74, 6) is 0. The highest BCUT2D eigenvalue weighted by Crippen LogP contribution is 2.05. The van der Waals surface area contributed by atoms with Gasteiger partial charge in [-0.1, -0.05) is 52.4 Å². The van der Waals surface area contributed by atoms with Gasteiger partial charge in [-0.3, -0.25) is 0 Å². The molecule has 4 heteroatoms. The summed E-state index contributed by atoms with van der Waals surface area (Å²) in [6.45, 7) is 9.74. The standard InChI is InChI=1S/2C6H13N.C6H14.2H2O/c2*1-7-5-3-2-4-6-7;1-3-5-6-4-2;;/h2*2-6H2,1H3;3-6H2,1-2H3;2*1H2. The van der Waals surface area contributed by atoms with Crippen LogP contribution in [0.5, 0.6) is 0 Å². The van der Waals surface area contributed by atoms with Crippen LogP contribution in [0.4, 0.5) is 0 Å². The van der Waals surface area contributed by atoms with E-state index in [-0.39, 0.29) is 11.0 Å². The molecule has 0 saturated carbocycles. The fourth-order valence-corrected chi connectivity index (χ4v) is 2.60. The third-order valence-corrected chi connectivity index (χ3v) is 4.12. The van der Waals surface area contributed by atoms with Crippen LogP contribution in [-0.2, 0) is 0 Å².